The van der Waals surface area contributed by atoms with Crippen LogP contribution in [0, 0.1) is 0 Å². The van der Waals surface area contributed by atoms with Gasteiger partial charge in [0.2, 0.25) is 6.85 Å². The van der Waals surface area contributed by atoms with Gasteiger partial charge in [0.25, 0.3) is 0 Å². The molecular weight excluding hydrogens is 169 g/mol. The summed E-state index contributed by atoms with van der Waals surface area (Å²) >= 11 is 0. The summed E-state index contributed by atoms with van der Waals surface area (Å²) in [6, 6.07) is 10.8. The Kier molecular flexibility index (Phi) is 3.25. The molecule has 2 rings (SSSR count). The van der Waals surface area contributed by atoms with Crippen molar-refractivity contribution in [3.8, 4) is 0 Å². The van der Waals surface area contributed by atoms with Crippen molar-refractivity contribution in [1.29, 1.82) is 0 Å². The molecular formula is C12H18BN. The summed E-state index contributed by atoms with van der Waals surface area (Å²) in [7, 11) is 0. The normalized spacial score (nSPS) is 18.5. The molecule has 0 spiro atoms. The van der Waals surface area contributed by atoms with Crippen molar-refractivity contribution in [3.05, 3.63) is 35.9 Å². The molecule has 1 fully saturated rings. The zero-order chi connectivity index (χ0) is 9.80. The number of hydrogen-bond donors (Lipinski definition) is 0. The lowest BCUT2D eigenvalue weighted by molar-refractivity contribution is 0.391. The largest absolute Gasteiger partial charge is 0.338 e. The highest BCUT2D eigenvalue weighted by atomic mass is 15.1. The maximum Gasteiger partial charge on any atom is 0.220 e. The van der Waals surface area contributed by atoms with E-state index in [0.717, 1.165) is 13.4 Å². The molecule has 0 radical (unpaired) electrons. The van der Waals surface area contributed by atoms with Crippen molar-refractivity contribution in [1.82, 2.24) is 4.81 Å². The van der Waals surface area contributed by atoms with Crippen molar-refractivity contribution in [2.45, 2.75) is 32.5 Å². The van der Waals surface area contributed by atoms with E-state index in [1.807, 2.05) is 0 Å². The highest BCUT2D eigenvalue weighted by molar-refractivity contribution is 6.54. The topological polar surface area (TPSA) is 3.24 Å². The number of hydrogen-bond acceptors (Lipinski definition) is 1. The summed E-state index contributed by atoms with van der Waals surface area (Å²) in [6.45, 7) is 5.52. The van der Waals surface area contributed by atoms with Crippen molar-refractivity contribution in [2.24, 2.45) is 0 Å². The van der Waals surface area contributed by atoms with Crippen LogP contribution in [0.25, 0.3) is 0 Å². The molecule has 0 N–H and O–H groups in total. The van der Waals surface area contributed by atoms with Gasteiger partial charge in [0.15, 0.2) is 0 Å². The molecule has 0 bridgehead atoms. The van der Waals surface area contributed by atoms with Gasteiger partial charge in [-0.1, -0.05) is 49.9 Å². The van der Waals surface area contributed by atoms with Crippen LogP contribution in [0.1, 0.15) is 18.4 Å². The van der Waals surface area contributed by atoms with Crippen LogP contribution in [0.5, 0.6) is 0 Å². The molecule has 1 aromatic rings. The standard InChI is InChI=1S/C12H18BN/c1-13-9-5-6-10-14(13)11-12-7-3-2-4-8-12/h2-4,7-8H,5-6,9-11H2,1H3. The fourth-order valence-corrected chi connectivity index (χ4v) is 2.21. The van der Waals surface area contributed by atoms with E-state index in [4.69, 9.17) is 0 Å². The molecule has 1 saturated heterocycles. The third-order valence-electron chi connectivity index (χ3n) is 3.17. The molecule has 1 aliphatic rings. The van der Waals surface area contributed by atoms with Crippen LogP contribution in [0.4, 0.5) is 0 Å². The van der Waals surface area contributed by atoms with E-state index in [1.165, 1.54) is 31.3 Å². The van der Waals surface area contributed by atoms with E-state index < -0.39 is 0 Å². The van der Waals surface area contributed by atoms with E-state index in [-0.39, 0.29) is 0 Å². The SMILES string of the molecule is CB1CCCCN1Cc1ccccc1. The molecule has 2 heteroatoms. The predicted octanol–water partition coefficient (Wildman–Crippen LogP) is 2.90. The van der Waals surface area contributed by atoms with E-state index >= 15 is 0 Å². The summed E-state index contributed by atoms with van der Waals surface area (Å²) in [6.07, 6.45) is 4.15. The van der Waals surface area contributed by atoms with Gasteiger partial charge in [-0.3, -0.25) is 0 Å². The zero-order valence-electron chi connectivity index (χ0n) is 8.95. The third kappa shape index (κ3) is 2.39. The Morgan fingerprint density at radius 3 is 2.71 bits per heavy atom. The lowest BCUT2D eigenvalue weighted by Crippen LogP contribution is -2.40. The molecule has 0 aliphatic carbocycles. The Morgan fingerprint density at radius 2 is 2.00 bits per heavy atom. The summed E-state index contributed by atoms with van der Waals surface area (Å²) in [5, 5.41) is 0. The maximum atomic E-state index is 2.60. The first-order chi connectivity index (χ1) is 6.86. The lowest BCUT2D eigenvalue weighted by Gasteiger charge is -2.31. The fourth-order valence-electron chi connectivity index (χ4n) is 2.21. The fraction of sp³-hybridized carbons (Fsp3) is 0.500. The maximum absolute atomic E-state index is 2.60. The molecule has 1 heterocycles. The van der Waals surface area contributed by atoms with Crippen molar-refractivity contribution < 1.29 is 0 Å². The average Bonchev–Trinajstić information content (AvgIpc) is 2.23. The van der Waals surface area contributed by atoms with Crippen molar-refractivity contribution in [2.75, 3.05) is 6.54 Å². The molecule has 0 aromatic heterocycles. The van der Waals surface area contributed by atoms with Crippen molar-refractivity contribution in [3.63, 3.8) is 0 Å². The van der Waals surface area contributed by atoms with Crippen LogP contribution in [0.3, 0.4) is 0 Å². The Hall–Kier alpha value is -0.755. The van der Waals surface area contributed by atoms with Crippen LogP contribution < -0.4 is 0 Å². The summed E-state index contributed by atoms with van der Waals surface area (Å²) in [5.41, 5.74) is 1.45. The van der Waals surface area contributed by atoms with E-state index in [1.54, 1.807) is 0 Å². The molecule has 1 aliphatic heterocycles. The Balaban J connectivity index is 1.96. The van der Waals surface area contributed by atoms with Gasteiger partial charge in [-0.15, -0.1) is 0 Å². The van der Waals surface area contributed by atoms with Gasteiger partial charge in [-0.2, -0.15) is 0 Å². The van der Waals surface area contributed by atoms with Gasteiger partial charge in [0.05, 0.1) is 0 Å². The molecule has 14 heavy (non-hydrogen) atoms. The first-order valence-corrected chi connectivity index (χ1v) is 5.64. The van der Waals surface area contributed by atoms with Crippen LogP contribution in [0.2, 0.25) is 13.1 Å². The first-order valence-electron chi connectivity index (χ1n) is 5.64. The predicted molar refractivity (Wildman–Crippen MR) is 62.5 cm³/mol. The third-order valence-corrected chi connectivity index (χ3v) is 3.17. The first kappa shape index (κ1) is 9.79. The van der Waals surface area contributed by atoms with Gasteiger partial charge in [-0.05, 0) is 18.5 Å². The van der Waals surface area contributed by atoms with Gasteiger partial charge >= 0.3 is 0 Å². The minimum Gasteiger partial charge on any atom is -0.338 e. The van der Waals surface area contributed by atoms with Gasteiger partial charge < -0.3 is 4.81 Å². The molecule has 0 amide bonds. The molecule has 1 aromatic carbocycles. The number of benzene rings is 1. The average molecular weight is 187 g/mol. The van der Waals surface area contributed by atoms with Crippen LogP contribution >= 0.6 is 0 Å². The number of rotatable bonds is 2. The highest BCUT2D eigenvalue weighted by Crippen LogP contribution is 2.17. The zero-order valence-corrected chi connectivity index (χ0v) is 8.95. The summed E-state index contributed by atoms with van der Waals surface area (Å²) < 4.78 is 0. The van der Waals surface area contributed by atoms with Gasteiger partial charge in [-0.25, -0.2) is 0 Å². The Labute approximate surface area is 87.2 Å². The van der Waals surface area contributed by atoms with Crippen molar-refractivity contribution >= 4 is 6.85 Å². The highest BCUT2D eigenvalue weighted by Gasteiger charge is 2.21. The number of nitrogens with zero attached hydrogens (tertiary/aromatic N) is 1. The second-order valence-electron chi connectivity index (χ2n) is 4.30. The molecule has 0 saturated carbocycles. The molecule has 1 nitrogen and oxygen atoms in total. The molecule has 74 valence electrons. The van der Waals surface area contributed by atoms with E-state index in [2.05, 4.69) is 42.0 Å². The minimum atomic E-state index is 0.768. The monoisotopic (exact) mass is 187 g/mol. The Bertz CT molecular complexity index is 273. The Morgan fingerprint density at radius 1 is 1.21 bits per heavy atom. The van der Waals surface area contributed by atoms with Crippen LogP contribution in [0.15, 0.2) is 30.3 Å². The van der Waals surface area contributed by atoms with Crippen LogP contribution in [-0.2, 0) is 6.54 Å². The molecule has 0 atom stereocenters. The summed E-state index contributed by atoms with van der Waals surface area (Å²) in [4.78, 5) is 2.60. The van der Waals surface area contributed by atoms with E-state index in [9.17, 15) is 0 Å². The quantitative estimate of drug-likeness (QED) is 0.643. The second kappa shape index (κ2) is 4.65. The smallest absolute Gasteiger partial charge is 0.220 e. The second-order valence-corrected chi connectivity index (χ2v) is 4.30. The lowest BCUT2D eigenvalue weighted by atomic mass is 9.56. The van der Waals surface area contributed by atoms with Gasteiger partial charge in [0, 0.05) is 6.54 Å². The molecule has 0 unspecified atom stereocenters. The minimum absolute atomic E-state index is 0.768. The van der Waals surface area contributed by atoms with E-state index in [0.29, 0.717) is 0 Å². The van der Waals surface area contributed by atoms with Crippen LogP contribution in [-0.4, -0.2) is 18.2 Å². The van der Waals surface area contributed by atoms with Gasteiger partial charge in [0.1, 0.15) is 0 Å². The summed E-state index contributed by atoms with van der Waals surface area (Å²) in [5.74, 6) is 0.